The summed E-state index contributed by atoms with van der Waals surface area (Å²) in [4.78, 5) is 27.5. The van der Waals surface area contributed by atoms with E-state index in [1.54, 1.807) is 17.2 Å². The summed E-state index contributed by atoms with van der Waals surface area (Å²) >= 11 is 0. The van der Waals surface area contributed by atoms with Crippen molar-refractivity contribution in [1.29, 1.82) is 0 Å². The fourth-order valence-corrected chi connectivity index (χ4v) is 2.43. The number of aromatic nitrogens is 1. The highest BCUT2D eigenvalue weighted by atomic mass is 16.3. The van der Waals surface area contributed by atoms with Crippen molar-refractivity contribution >= 4 is 5.91 Å². The Kier molecular flexibility index (Phi) is 2.95. The van der Waals surface area contributed by atoms with Gasteiger partial charge in [-0.3, -0.25) is 9.59 Å². The fourth-order valence-electron chi connectivity index (χ4n) is 2.43. The van der Waals surface area contributed by atoms with Crippen LogP contribution in [0.5, 0.6) is 0 Å². The van der Waals surface area contributed by atoms with Crippen molar-refractivity contribution in [2.75, 3.05) is 13.1 Å². The van der Waals surface area contributed by atoms with Crippen LogP contribution in [0, 0.1) is 0 Å². The summed E-state index contributed by atoms with van der Waals surface area (Å²) < 4.78 is 5.38. The highest BCUT2D eigenvalue weighted by molar-refractivity contribution is 5.94. The van der Waals surface area contributed by atoms with Crippen molar-refractivity contribution in [3.05, 3.63) is 58.4 Å². The first kappa shape index (κ1) is 11.8. The average Bonchev–Trinajstić information content (AvgIpc) is 3.10. The van der Waals surface area contributed by atoms with Crippen LogP contribution in [0.4, 0.5) is 0 Å². The molecule has 1 aliphatic rings. The molecule has 3 heterocycles. The zero-order valence-electron chi connectivity index (χ0n) is 10.3. The molecule has 1 fully saturated rings. The van der Waals surface area contributed by atoms with Crippen molar-refractivity contribution < 1.29 is 9.21 Å². The van der Waals surface area contributed by atoms with Crippen molar-refractivity contribution in [1.82, 2.24) is 9.88 Å². The normalized spacial score (nSPS) is 18.7. The highest BCUT2D eigenvalue weighted by Gasteiger charge is 2.29. The number of pyridine rings is 1. The van der Waals surface area contributed by atoms with Crippen LogP contribution in [0.25, 0.3) is 0 Å². The minimum atomic E-state index is -0.202. The number of nitrogens with one attached hydrogen (secondary N) is 1. The number of amides is 1. The third-order valence-corrected chi connectivity index (χ3v) is 3.45. The summed E-state index contributed by atoms with van der Waals surface area (Å²) in [5.41, 5.74) is 0.311. The van der Waals surface area contributed by atoms with Crippen LogP contribution < -0.4 is 5.56 Å². The zero-order valence-corrected chi connectivity index (χ0v) is 10.3. The number of carbonyl (C=O) groups excluding carboxylic acids is 1. The minimum absolute atomic E-state index is 0.0506. The van der Waals surface area contributed by atoms with E-state index in [0.717, 1.165) is 12.2 Å². The van der Waals surface area contributed by atoms with Crippen LogP contribution in [0.15, 0.2) is 45.9 Å². The SMILES string of the molecule is O=C(c1ccc(=O)[nH]c1)N1CCC(c2ccco2)C1. The third kappa shape index (κ3) is 2.31. The van der Waals surface area contributed by atoms with Gasteiger partial charge in [0.05, 0.1) is 11.8 Å². The van der Waals surface area contributed by atoms with Crippen molar-refractivity contribution in [3.63, 3.8) is 0 Å². The maximum atomic E-state index is 12.2. The number of rotatable bonds is 2. The van der Waals surface area contributed by atoms with E-state index in [1.807, 2.05) is 12.1 Å². The van der Waals surface area contributed by atoms with Crippen LogP contribution in [0.1, 0.15) is 28.5 Å². The van der Waals surface area contributed by atoms with E-state index in [1.165, 1.54) is 12.3 Å². The molecule has 5 heteroatoms. The molecular formula is C14H14N2O3. The van der Waals surface area contributed by atoms with E-state index in [-0.39, 0.29) is 17.4 Å². The van der Waals surface area contributed by atoms with Gasteiger partial charge in [-0.1, -0.05) is 0 Å². The molecule has 0 aliphatic carbocycles. The van der Waals surface area contributed by atoms with Crippen LogP contribution in [0.2, 0.25) is 0 Å². The largest absolute Gasteiger partial charge is 0.469 e. The lowest BCUT2D eigenvalue weighted by Crippen LogP contribution is -2.28. The molecule has 1 amide bonds. The van der Waals surface area contributed by atoms with E-state index < -0.39 is 0 Å². The molecule has 98 valence electrons. The Hall–Kier alpha value is -2.30. The predicted molar refractivity (Wildman–Crippen MR) is 69.0 cm³/mol. The fraction of sp³-hybridized carbons (Fsp3) is 0.286. The summed E-state index contributed by atoms with van der Waals surface area (Å²) in [6.45, 7) is 1.37. The van der Waals surface area contributed by atoms with Crippen LogP contribution in [-0.2, 0) is 0 Å². The Bertz CT molecular complexity index is 610. The lowest BCUT2D eigenvalue weighted by atomic mass is 10.1. The first-order valence-electron chi connectivity index (χ1n) is 6.25. The van der Waals surface area contributed by atoms with E-state index in [0.29, 0.717) is 18.7 Å². The van der Waals surface area contributed by atoms with Gasteiger partial charge in [0.2, 0.25) is 5.56 Å². The van der Waals surface area contributed by atoms with Gasteiger partial charge in [-0.2, -0.15) is 0 Å². The van der Waals surface area contributed by atoms with Crippen molar-refractivity contribution in [2.24, 2.45) is 0 Å². The topological polar surface area (TPSA) is 66.3 Å². The second-order valence-corrected chi connectivity index (χ2v) is 4.69. The molecule has 0 aromatic carbocycles. The highest BCUT2D eigenvalue weighted by Crippen LogP contribution is 2.28. The van der Waals surface area contributed by atoms with Gasteiger partial charge in [0.15, 0.2) is 0 Å². The Morgan fingerprint density at radius 1 is 1.37 bits per heavy atom. The lowest BCUT2D eigenvalue weighted by Gasteiger charge is -2.15. The molecule has 0 radical (unpaired) electrons. The average molecular weight is 258 g/mol. The van der Waals surface area contributed by atoms with Crippen LogP contribution in [0.3, 0.4) is 0 Å². The lowest BCUT2D eigenvalue weighted by molar-refractivity contribution is 0.0789. The summed E-state index contributed by atoms with van der Waals surface area (Å²) in [5.74, 6) is 1.14. The first-order valence-corrected chi connectivity index (χ1v) is 6.25. The first-order chi connectivity index (χ1) is 9.24. The molecule has 1 unspecified atom stereocenters. The molecule has 0 saturated carbocycles. The molecular weight excluding hydrogens is 244 g/mol. The number of hydrogen-bond acceptors (Lipinski definition) is 3. The van der Waals surface area contributed by atoms with Gasteiger partial charge in [0, 0.05) is 31.3 Å². The van der Waals surface area contributed by atoms with Gasteiger partial charge in [-0.25, -0.2) is 0 Å². The van der Waals surface area contributed by atoms with Gasteiger partial charge >= 0.3 is 0 Å². The monoisotopic (exact) mass is 258 g/mol. The second kappa shape index (κ2) is 4.76. The quantitative estimate of drug-likeness (QED) is 0.889. The van der Waals surface area contributed by atoms with E-state index in [2.05, 4.69) is 4.98 Å². The summed E-state index contributed by atoms with van der Waals surface area (Å²) in [5, 5.41) is 0. The number of H-pyrrole nitrogens is 1. The van der Waals surface area contributed by atoms with Gasteiger partial charge in [-0.15, -0.1) is 0 Å². The molecule has 2 aromatic heterocycles. The molecule has 3 rings (SSSR count). The van der Waals surface area contributed by atoms with Crippen molar-refractivity contribution in [2.45, 2.75) is 12.3 Å². The molecule has 1 saturated heterocycles. The number of carbonyl (C=O) groups is 1. The van der Waals surface area contributed by atoms with E-state index in [9.17, 15) is 9.59 Å². The second-order valence-electron chi connectivity index (χ2n) is 4.69. The van der Waals surface area contributed by atoms with Gasteiger partial charge in [-0.05, 0) is 24.6 Å². The number of hydrogen-bond donors (Lipinski definition) is 1. The molecule has 1 N–H and O–H groups in total. The van der Waals surface area contributed by atoms with Crippen molar-refractivity contribution in [3.8, 4) is 0 Å². The van der Waals surface area contributed by atoms with E-state index >= 15 is 0 Å². The van der Waals surface area contributed by atoms with Crippen LogP contribution >= 0.6 is 0 Å². The summed E-state index contributed by atoms with van der Waals surface area (Å²) in [6.07, 6.45) is 4.02. The summed E-state index contributed by atoms with van der Waals surface area (Å²) in [6, 6.07) is 6.73. The molecule has 0 spiro atoms. The van der Waals surface area contributed by atoms with E-state index in [4.69, 9.17) is 4.42 Å². The molecule has 1 aliphatic heterocycles. The molecule has 5 nitrogen and oxygen atoms in total. The Morgan fingerprint density at radius 2 is 2.26 bits per heavy atom. The maximum absolute atomic E-state index is 12.2. The Balaban J connectivity index is 1.72. The maximum Gasteiger partial charge on any atom is 0.255 e. The Labute approximate surface area is 109 Å². The zero-order chi connectivity index (χ0) is 13.2. The molecule has 19 heavy (non-hydrogen) atoms. The molecule has 1 atom stereocenters. The molecule has 2 aromatic rings. The number of aromatic amines is 1. The number of nitrogens with zero attached hydrogens (tertiary/aromatic N) is 1. The van der Waals surface area contributed by atoms with Crippen LogP contribution in [-0.4, -0.2) is 28.9 Å². The Morgan fingerprint density at radius 3 is 2.95 bits per heavy atom. The number of likely N-dealkylation sites (tertiary alicyclic amines) is 1. The van der Waals surface area contributed by atoms with Gasteiger partial charge in [0.25, 0.3) is 5.91 Å². The minimum Gasteiger partial charge on any atom is -0.469 e. The standard InChI is InChI=1S/C14H14N2O3/c17-13-4-3-10(8-15-13)14(18)16-6-5-11(9-16)12-2-1-7-19-12/h1-4,7-8,11H,5-6,9H2,(H,15,17). The molecule has 0 bridgehead atoms. The van der Waals surface area contributed by atoms with Gasteiger partial charge < -0.3 is 14.3 Å². The van der Waals surface area contributed by atoms with Gasteiger partial charge in [0.1, 0.15) is 5.76 Å². The predicted octanol–water partition coefficient (Wildman–Crippen LogP) is 1.60. The third-order valence-electron chi connectivity index (χ3n) is 3.45. The number of furan rings is 1. The summed E-state index contributed by atoms with van der Waals surface area (Å²) in [7, 11) is 0. The smallest absolute Gasteiger partial charge is 0.255 e.